The highest BCUT2D eigenvalue weighted by Crippen LogP contribution is 2.21. The van der Waals surface area contributed by atoms with Gasteiger partial charge < -0.3 is 20.0 Å². The van der Waals surface area contributed by atoms with Gasteiger partial charge in [0.1, 0.15) is 0 Å². The van der Waals surface area contributed by atoms with Gasteiger partial charge in [0.25, 0.3) is 11.8 Å². The molecule has 0 aliphatic heterocycles. The van der Waals surface area contributed by atoms with Crippen molar-refractivity contribution in [1.29, 1.82) is 0 Å². The van der Waals surface area contributed by atoms with E-state index in [4.69, 9.17) is 4.42 Å². The molecule has 0 saturated carbocycles. The zero-order chi connectivity index (χ0) is 18.5. The van der Waals surface area contributed by atoms with Crippen LogP contribution in [-0.4, -0.2) is 30.9 Å². The average molecular weight is 350 g/mol. The normalized spacial score (nSPS) is 10.2. The van der Waals surface area contributed by atoms with Gasteiger partial charge in [-0.3, -0.25) is 9.59 Å². The van der Waals surface area contributed by atoms with Gasteiger partial charge in [-0.15, -0.1) is 0 Å². The summed E-state index contributed by atoms with van der Waals surface area (Å²) in [6.07, 6.45) is 3.10. The summed E-state index contributed by atoms with van der Waals surface area (Å²) in [5, 5.41) is 5.55. The predicted molar refractivity (Wildman–Crippen MR) is 99.6 cm³/mol. The van der Waals surface area contributed by atoms with Crippen LogP contribution in [0.5, 0.6) is 0 Å². The number of furan rings is 1. The lowest BCUT2D eigenvalue weighted by Crippen LogP contribution is -2.18. The minimum Gasteiger partial charge on any atom is -0.459 e. The Morgan fingerprint density at radius 1 is 0.962 bits per heavy atom. The monoisotopic (exact) mass is 350 g/mol. The van der Waals surface area contributed by atoms with Crippen LogP contribution in [0, 0.1) is 0 Å². The number of anilines is 3. The third-order valence-corrected chi connectivity index (χ3v) is 3.61. The molecule has 0 spiro atoms. The summed E-state index contributed by atoms with van der Waals surface area (Å²) >= 11 is 0. The zero-order valence-corrected chi connectivity index (χ0v) is 14.4. The fourth-order valence-electron chi connectivity index (χ4n) is 2.35. The number of aromatic nitrogens is 1. The van der Waals surface area contributed by atoms with Crippen molar-refractivity contribution in [2.75, 3.05) is 29.6 Å². The van der Waals surface area contributed by atoms with Crippen molar-refractivity contribution in [3.63, 3.8) is 0 Å². The minimum absolute atomic E-state index is 0.222. The highest BCUT2D eigenvalue weighted by molar-refractivity contribution is 6.06. The molecule has 0 atom stereocenters. The predicted octanol–water partition coefficient (Wildman–Crippen LogP) is 3.25. The quantitative estimate of drug-likeness (QED) is 0.737. The van der Waals surface area contributed by atoms with E-state index in [1.54, 1.807) is 54.7 Å². The Morgan fingerprint density at radius 2 is 1.73 bits per heavy atom. The molecule has 0 unspecified atom stereocenters. The Balaban J connectivity index is 1.69. The number of nitrogens with zero attached hydrogens (tertiary/aromatic N) is 2. The Morgan fingerprint density at radius 3 is 2.38 bits per heavy atom. The van der Waals surface area contributed by atoms with Crippen molar-refractivity contribution in [2.45, 2.75) is 0 Å². The first-order chi connectivity index (χ1) is 12.5. The van der Waals surface area contributed by atoms with E-state index in [1.165, 1.54) is 6.26 Å². The highest BCUT2D eigenvalue weighted by Gasteiger charge is 2.12. The van der Waals surface area contributed by atoms with Crippen molar-refractivity contribution in [1.82, 2.24) is 4.98 Å². The molecule has 0 saturated heterocycles. The lowest BCUT2D eigenvalue weighted by atomic mass is 10.2. The number of carbonyl (C=O) groups excluding carboxylic acids is 2. The Labute approximate surface area is 150 Å². The molecule has 2 aromatic heterocycles. The van der Waals surface area contributed by atoms with Gasteiger partial charge in [0.05, 0.1) is 12.0 Å². The van der Waals surface area contributed by atoms with Gasteiger partial charge in [0.2, 0.25) is 0 Å². The molecule has 0 aliphatic carbocycles. The van der Waals surface area contributed by atoms with Crippen LogP contribution < -0.4 is 15.5 Å². The first-order valence-corrected chi connectivity index (χ1v) is 7.93. The second-order valence-corrected chi connectivity index (χ2v) is 5.73. The summed E-state index contributed by atoms with van der Waals surface area (Å²) in [5.74, 6) is 0.283. The van der Waals surface area contributed by atoms with Crippen molar-refractivity contribution in [3.05, 3.63) is 72.3 Å². The molecule has 2 heterocycles. The number of hydrogen-bond donors (Lipinski definition) is 2. The fourth-order valence-corrected chi connectivity index (χ4v) is 2.35. The van der Waals surface area contributed by atoms with E-state index in [2.05, 4.69) is 15.6 Å². The van der Waals surface area contributed by atoms with E-state index < -0.39 is 0 Å². The van der Waals surface area contributed by atoms with Crippen LogP contribution in [0.15, 0.2) is 65.4 Å². The van der Waals surface area contributed by atoms with Crippen LogP contribution in [0.1, 0.15) is 20.9 Å². The van der Waals surface area contributed by atoms with Crippen LogP contribution in [0.25, 0.3) is 0 Å². The summed E-state index contributed by atoms with van der Waals surface area (Å²) < 4.78 is 5.04. The summed E-state index contributed by atoms with van der Waals surface area (Å²) in [5.41, 5.74) is 1.66. The summed E-state index contributed by atoms with van der Waals surface area (Å²) in [6.45, 7) is 0. The third kappa shape index (κ3) is 3.89. The standard InChI is InChI=1S/C19H18N4O3/c1-23(2)17-15(5-3-11-20-17)22-18(24)13-7-9-14(10-8-13)21-19(25)16-6-4-12-26-16/h3-12H,1-2H3,(H,21,25)(H,22,24). The first kappa shape index (κ1) is 17.2. The zero-order valence-electron chi connectivity index (χ0n) is 14.4. The lowest BCUT2D eigenvalue weighted by Gasteiger charge is -2.16. The molecule has 26 heavy (non-hydrogen) atoms. The van der Waals surface area contributed by atoms with Gasteiger partial charge in [-0.2, -0.15) is 0 Å². The molecule has 0 aliphatic rings. The molecule has 3 aromatic rings. The van der Waals surface area contributed by atoms with Crippen LogP contribution in [0.2, 0.25) is 0 Å². The topological polar surface area (TPSA) is 87.5 Å². The molecular weight excluding hydrogens is 332 g/mol. The second kappa shape index (κ2) is 7.52. The summed E-state index contributed by atoms with van der Waals surface area (Å²) in [7, 11) is 3.71. The Hall–Kier alpha value is -3.61. The number of nitrogens with one attached hydrogen (secondary N) is 2. The van der Waals surface area contributed by atoms with Gasteiger partial charge in [0, 0.05) is 31.5 Å². The van der Waals surface area contributed by atoms with E-state index in [1.807, 2.05) is 19.0 Å². The molecule has 0 radical (unpaired) electrons. The highest BCUT2D eigenvalue weighted by atomic mass is 16.3. The van der Waals surface area contributed by atoms with E-state index in [9.17, 15) is 9.59 Å². The van der Waals surface area contributed by atoms with Crippen LogP contribution in [0.3, 0.4) is 0 Å². The number of rotatable bonds is 5. The number of pyridine rings is 1. The maximum Gasteiger partial charge on any atom is 0.291 e. The number of carbonyl (C=O) groups is 2. The fraction of sp³-hybridized carbons (Fsp3) is 0.105. The summed E-state index contributed by atoms with van der Waals surface area (Å²) in [6, 6.07) is 13.4. The van der Waals surface area contributed by atoms with Gasteiger partial charge in [0.15, 0.2) is 11.6 Å². The summed E-state index contributed by atoms with van der Waals surface area (Å²) in [4.78, 5) is 30.5. The number of benzene rings is 1. The van der Waals surface area contributed by atoms with Crippen LogP contribution in [0.4, 0.5) is 17.2 Å². The maximum atomic E-state index is 12.4. The van der Waals surface area contributed by atoms with E-state index >= 15 is 0 Å². The van der Waals surface area contributed by atoms with Gasteiger partial charge in [-0.05, 0) is 48.5 Å². The Kier molecular flexibility index (Phi) is 4.98. The third-order valence-electron chi connectivity index (χ3n) is 3.61. The lowest BCUT2D eigenvalue weighted by molar-refractivity contribution is 0.0995. The molecule has 7 nitrogen and oxygen atoms in total. The van der Waals surface area contributed by atoms with Crippen LogP contribution >= 0.6 is 0 Å². The van der Waals surface area contributed by atoms with Gasteiger partial charge >= 0.3 is 0 Å². The van der Waals surface area contributed by atoms with Crippen molar-refractivity contribution < 1.29 is 14.0 Å². The molecule has 2 N–H and O–H groups in total. The average Bonchev–Trinajstić information content (AvgIpc) is 3.17. The Bertz CT molecular complexity index is 903. The van der Waals surface area contributed by atoms with Gasteiger partial charge in [-0.1, -0.05) is 0 Å². The SMILES string of the molecule is CN(C)c1ncccc1NC(=O)c1ccc(NC(=O)c2ccco2)cc1. The van der Waals surface area contributed by atoms with Crippen LogP contribution in [-0.2, 0) is 0 Å². The maximum absolute atomic E-state index is 12.4. The molecule has 132 valence electrons. The minimum atomic E-state index is -0.349. The van der Waals surface area contributed by atoms with Crippen molar-refractivity contribution in [3.8, 4) is 0 Å². The van der Waals surface area contributed by atoms with E-state index in [-0.39, 0.29) is 17.6 Å². The van der Waals surface area contributed by atoms with Crippen molar-refractivity contribution in [2.24, 2.45) is 0 Å². The molecule has 1 aromatic carbocycles. The molecule has 0 fully saturated rings. The molecule has 7 heteroatoms. The number of amides is 2. The molecule has 2 amide bonds. The van der Waals surface area contributed by atoms with E-state index in [0.29, 0.717) is 22.8 Å². The number of hydrogen-bond acceptors (Lipinski definition) is 5. The molecule has 3 rings (SSSR count). The first-order valence-electron chi connectivity index (χ1n) is 7.93. The van der Waals surface area contributed by atoms with E-state index in [0.717, 1.165) is 0 Å². The molecule has 0 bridgehead atoms. The van der Waals surface area contributed by atoms with Gasteiger partial charge in [-0.25, -0.2) is 4.98 Å². The second-order valence-electron chi connectivity index (χ2n) is 5.73. The molecular formula is C19H18N4O3. The largest absolute Gasteiger partial charge is 0.459 e. The van der Waals surface area contributed by atoms with Crippen molar-refractivity contribution >= 4 is 29.0 Å². The smallest absolute Gasteiger partial charge is 0.291 e.